The minimum absolute atomic E-state index is 0.0507. The first kappa shape index (κ1) is 11.8. The van der Waals surface area contributed by atoms with Crippen LogP contribution in [0.1, 0.15) is 51.3 Å². The molecule has 1 heterocycles. The van der Waals surface area contributed by atoms with Crippen molar-refractivity contribution in [3.05, 3.63) is 5.82 Å². The summed E-state index contributed by atoms with van der Waals surface area (Å²) in [4.78, 5) is 4.54. The van der Waals surface area contributed by atoms with Crippen molar-refractivity contribution in [2.45, 2.75) is 51.0 Å². The van der Waals surface area contributed by atoms with Crippen LogP contribution in [0.25, 0.3) is 0 Å². The minimum atomic E-state index is 0.0507. The van der Waals surface area contributed by atoms with E-state index in [2.05, 4.69) is 28.5 Å². The van der Waals surface area contributed by atoms with Gasteiger partial charge in [-0.1, -0.05) is 6.92 Å². The van der Waals surface area contributed by atoms with Gasteiger partial charge in [-0.2, -0.15) is 4.37 Å². The third kappa shape index (κ3) is 2.71. The van der Waals surface area contributed by atoms with Crippen LogP contribution in [0.15, 0.2) is 0 Å². The molecule has 1 atom stereocenters. The fourth-order valence-corrected chi connectivity index (χ4v) is 2.49. The van der Waals surface area contributed by atoms with Crippen molar-refractivity contribution in [2.75, 3.05) is 11.9 Å². The molecule has 1 aromatic rings. The van der Waals surface area contributed by atoms with Gasteiger partial charge >= 0.3 is 0 Å². The van der Waals surface area contributed by atoms with Crippen LogP contribution in [0.4, 0.5) is 5.13 Å². The monoisotopic (exact) mass is 240 g/mol. The summed E-state index contributed by atoms with van der Waals surface area (Å²) in [5.74, 6) is 1.66. The highest BCUT2D eigenvalue weighted by atomic mass is 32.1. The number of nitrogens with one attached hydrogen (secondary N) is 1. The molecule has 0 bridgehead atoms. The average molecular weight is 240 g/mol. The van der Waals surface area contributed by atoms with Crippen molar-refractivity contribution >= 4 is 16.7 Å². The zero-order valence-electron chi connectivity index (χ0n) is 9.99. The molecule has 2 rings (SSSR count). The Bertz CT molecular complexity index is 348. The van der Waals surface area contributed by atoms with Gasteiger partial charge in [0.1, 0.15) is 5.82 Å². The minimum Gasteiger partial charge on any atom is -0.355 e. The van der Waals surface area contributed by atoms with Gasteiger partial charge in [0.25, 0.3) is 0 Å². The molecule has 0 spiro atoms. The highest BCUT2D eigenvalue weighted by molar-refractivity contribution is 7.09. The number of hydrogen-bond acceptors (Lipinski definition) is 5. The molecule has 0 radical (unpaired) electrons. The zero-order chi connectivity index (χ0) is 11.6. The third-order valence-corrected chi connectivity index (χ3v) is 3.91. The molecule has 0 aliphatic heterocycles. The molecule has 0 amide bonds. The fraction of sp³-hybridized carbons (Fsp3) is 0.818. The first-order valence-corrected chi connectivity index (χ1v) is 6.76. The lowest BCUT2D eigenvalue weighted by Crippen LogP contribution is -2.36. The molecule has 3 N–H and O–H groups in total. The lowest BCUT2D eigenvalue weighted by molar-refractivity contribution is 0.463. The van der Waals surface area contributed by atoms with Gasteiger partial charge in [0.05, 0.1) is 0 Å². The van der Waals surface area contributed by atoms with E-state index in [1.165, 1.54) is 24.4 Å². The molecule has 1 aliphatic carbocycles. The Hall–Kier alpha value is -0.680. The number of aromatic nitrogens is 2. The second-order valence-electron chi connectivity index (χ2n) is 4.81. The summed E-state index contributed by atoms with van der Waals surface area (Å²) in [6.07, 6.45) is 4.51. The molecule has 1 aliphatic rings. The normalized spacial score (nSPS) is 19.4. The fourth-order valence-electron chi connectivity index (χ4n) is 1.70. The van der Waals surface area contributed by atoms with E-state index < -0.39 is 0 Å². The zero-order valence-corrected chi connectivity index (χ0v) is 10.8. The van der Waals surface area contributed by atoms with Crippen molar-refractivity contribution in [2.24, 2.45) is 5.73 Å². The average Bonchev–Trinajstić information content (AvgIpc) is 3.01. The van der Waals surface area contributed by atoms with Crippen molar-refractivity contribution in [3.63, 3.8) is 0 Å². The highest BCUT2D eigenvalue weighted by Gasteiger charge is 2.29. The van der Waals surface area contributed by atoms with Crippen LogP contribution in [0.5, 0.6) is 0 Å². The summed E-state index contributed by atoms with van der Waals surface area (Å²) >= 11 is 1.47. The molecule has 5 heteroatoms. The first-order valence-electron chi connectivity index (χ1n) is 5.99. The van der Waals surface area contributed by atoms with Gasteiger partial charge in [0, 0.05) is 23.0 Å². The van der Waals surface area contributed by atoms with Crippen LogP contribution < -0.4 is 11.1 Å². The first-order chi connectivity index (χ1) is 7.67. The Labute approximate surface area is 101 Å². The van der Waals surface area contributed by atoms with Gasteiger partial charge in [-0.05, 0) is 39.2 Å². The van der Waals surface area contributed by atoms with Gasteiger partial charge in [-0.25, -0.2) is 4.98 Å². The Balaban J connectivity index is 2.00. The molecule has 4 nitrogen and oxygen atoms in total. The van der Waals surface area contributed by atoms with E-state index in [1.807, 2.05) is 0 Å². The van der Waals surface area contributed by atoms with E-state index in [-0.39, 0.29) is 5.54 Å². The van der Waals surface area contributed by atoms with Crippen LogP contribution in [-0.2, 0) is 0 Å². The standard InChI is InChI=1S/C11H20N4S/c1-3-11(2,6-7-12)14-10-13-9(15-16-10)8-4-5-8/h8H,3-7,12H2,1-2H3,(H,13,14,15). The van der Waals surface area contributed by atoms with Crippen LogP contribution in [-0.4, -0.2) is 21.4 Å². The summed E-state index contributed by atoms with van der Waals surface area (Å²) in [7, 11) is 0. The van der Waals surface area contributed by atoms with Crippen molar-refractivity contribution in [1.29, 1.82) is 0 Å². The molecule has 1 fully saturated rings. The molecule has 0 aromatic carbocycles. The summed E-state index contributed by atoms with van der Waals surface area (Å²) in [6, 6.07) is 0. The molecular formula is C11H20N4S. The number of nitrogens with two attached hydrogens (primary N) is 1. The second kappa shape index (κ2) is 4.67. The third-order valence-electron chi connectivity index (χ3n) is 3.27. The maximum Gasteiger partial charge on any atom is 0.203 e. The van der Waals surface area contributed by atoms with Gasteiger partial charge in [-0.15, -0.1) is 0 Å². The lowest BCUT2D eigenvalue weighted by atomic mass is 9.95. The van der Waals surface area contributed by atoms with E-state index in [9.17, 15) is 0 Å². The molecule has 0 saturated heterocycles. The molecule has 16 heavy (non-hydrogen) atoms. The van der Waals surface area contributed by atoms with Gasteiger partial charge in [0.2, 0.25) is 5.13 Å². The van der Waals surface area contributed by atoms with Gasteiger partial charge in [0.15, 0.2) is 0 Å². The number of nitrogens with zero attached hydrogens (tertiary/aromatic N) is 2. The predicted octanol–water partition coefficient (Wildman–Crippen LogP) is 2.34. The van der Waals surface area contributed by atoms with Crippen LogP contribution in [0.2, 0.25) is 0 Å². The quantitative estimate of drug-likeness (QED) is 0.801. The predicted molar refractivity (Wildman–Crippen MR) is 67.9 cm³/mol. The van der Waals surface area contributed by atoms with Crippen LogP contribution >= 0.6 is 11.5 Å². The van der Waals surface area contributed by atoms with Crippen LogP contribution in [0.3, 0.4) is 0 Å². The second-order valence-corrected chi connectivity index (χ2v) is 5.56. The Kier molecular flexibility index (Phi) is 3.44. The Morgan fingerprint density at radius 2 is 2.31 bits per heavy atom. The van der Waals surface area contributed by atoms with Crippen molar-refractivity contribution in [3.8, 4) is 0 Å². The maximum absolute atomic E-state index is 5.63. The number of rotatable bonds is 6. The van der Waals surface area contributed by atoms with E-state index in [0.29, 0.717) is 12.5 Å². The molecular weight excluding hydrogens is 220 g/mol. The van der Waals surface area contributed by atoms with E-state index in [1.54, 1.807) is 0 Å². The number of anilines is 1. The van der Waals surface area contributed by atoms with Gasteiger partial charge < -0.3 is 11.1 Å². The summed E-state index contributed by atoms with van der Waals surface area (Å²) in [5.41, 5.74) is 5.69. The van der Waals surface area contributed by atoms with E-state index in [4.69, 9.17) is 5.73 Å². The smallest absolute Gasteiger partial charge is 0.203 e. The highest BCUT2D eigenvalue weighted by Crippen LogP contribution is 2.39. The van der Waals surface area contributed by atoms with Crippen molar-refractivity contribution < 1.29 is 0 Å². The molecule has 1 unspecified atom stereocenters. The largest absolute Gasteiger partial charge is 0.355 e. The maximum atomic E-state index is 5.63. The summed E-state index contributed by atoms with van der Waals surface area (Å²) in [5, 5.41) is 4.42. The number of hydrogen-bond donors (Lipinski definition) is 2. The summed E-state index contributed by atoms with van der Waals surface area (Å²) < 4.78 is 4.39. The molecule has 1 aromatic heterocycles. The lowest BCUT2D eigenvalue weighted by Gasteiger charge is -2.28. The Morgan fingerprint density at radius 3 is 2.88 bits per heavy atom. The van der Waals surface area contributed by atoms with Crippen molar-refractivity contribution in [1.82, 2.24) is 9.36 Å². The Morgan fingerprint density at radius 1 is 1.56 bits per heavy atom. The van der Waals surface area contributed by atoms with Crippen LogP contribution in [0, 0.1) is 0 Å². The molecule has 90 valence electrons. The van der Waals surface area contributed by atoms with E-state index in [0.717, 1.165) is 23.8 Å². The SMILES string of the molecule is CCC(C)(CCN)Nc1nc(C2CC2)ns1. The van der Waals surface area contributed by atoms with E-state index >= 15 is 0 Å². The molecule has 1 saturated carbocycles. The topological polar surface area (TPSA) is 63.8 Å². The summed E-state index contributed by atoms with van der Waals surface area (Å²) in [6.45, 7) is 5.06. The van der Waals surface area contributed by atoms with Gasteiger partial charge in [-0.3, -0.25) is 0 Å².